The van der Waals surface area contributed by atoms with Crippen LogP contribution in [0.4, 0.5) is 0 Å². The lowest BCUT2D eigenvalue weighted by atomic mass is 10.4. The van der Waals surface area contributed by atoms with Crippen molar-refractivity contribution in [3.63, 3.8) is 0 Å². The summed E-state index contributed by atoms with van der Waals surface area (Å²) in [7, 11) is 0. The van der Waals surface area contributed by atoms with E-state index in [1.165, 1.54) is 6.92 Å². The van der Waals surface area contributed by atoms with Gasteiger partial charge in [-0.15, -0.1) is 0 Å². The zero-order valence-electron chi connectivity index (χ0n) is 11.1. The normalized spacial score (nSPS) is 13.6. The molecule has 0 N–H and O–H groups in total. The molecule has 0 unspecified atom stereocenters. The molecule has 0 atom stereocenters. The van der Waals surface area contributed by atoms with Crippen molar-refractivity contribution < 1.29 is 28.5 Å². The molecule has 6 nitrogen and oxygen atoms in total. The quantitative estimate of drug-likeness (QED) is 0.502. The fraction of sp³-hybridized carbons (Fsp3) is 0.833. The molecule has 106 valence electrons. The van der Waals surface area contributed by atoms with Crippen molar-refractivity contribution in [2.24, 2.45) is 0 Å². The summed E-state index contributed by atoms with van der Waals surface area (Å²) in [4.78, 5) is 20.3. The molecule has 0 aromatic carbocycles. The van der Waals surface area contributed by atoms with Crippen molar-refractivity contribution in [3.05, 3.63) is 0 Å². The Hall–Kier alpha value is -1.14. The number of ether oxygens (including phenoxy) is 4. The Labute approximate surface area is 108 Å². The van der Waals surface area contributed by atoms with Crippen LogP contribution >= 0.6 is 0 Å². The van der Waals surface area contributed by atoms with E-state index in [9.17, 15) is 9.59 Å². The van der Waals surface area contributed by atoms with Gasteiger partial charge in [-0.05, 0) is 13.3 Å². The second-order valence-corrected chi connectivity index (χ2v) is 3.47. The third kappa shape index (κ3) is 12.9. The average Bonchev–Trinajstić information content (AvgIpc) is 2.80. The lowest BCUT2D eigenvalue weighted by Gasteiger charge is -2.03. The van der Waals surface area contributed by atoms with E-state index in [0.29, 0.717) is 46.1 Å². The number of hydrogen-bond donors (Lipinski definition) is 0. The molecule has 1 heterocycles. The topological polar surface area (TPSA) is 71.1 Å². The van der Waals surface area contributed by atoms with Gasteiger partial charge in [-0.1, -0.05) is 0 Å². The van der Waals surface area contributed by atoms with Gasteiger partial charge in [-0.3, -0.25) is 9.59 Å². The van der Waals surface area contributed by atoms with Crippen molar-refractivity contribution in [2.45, 2.75) is 26.7 Å². The van der Waals surface area contributed by atoms with Crippen LogP contribution in [0, 0.1) is 0 Å². The van der Waals surface area contributed by atoms with Gasteiger partial charge in [0, 0.05) is 20.0 Å². The summed E-state index contributed by atoms with van der Waals surface area (Å²) in [6, 6.07) is 0. The highest BCUT2D eigenvalue weighted by Gasteiger charge is 2.08. The Morgan fingerprint density at radius 1 is 1.22 bits per heavy atom. The highest BCUT2D eigenvalue weighted by Crippen LogP contribution is 2.01. The largest absolute Gasteiger partial charge is 0.466 e. The van der Waals surface area contributed by atoms with E-state index >= 15 is 0 Å². The van der Waals surface area contributed by atoms with Crippen LogP contribution in [0.25, 0.3) is 0 Å². The molecular formula is C12H22O6. The predicted octanol–water partition coefficient (Wildman–Crippen LogP) is 0.926. The van der Waals surface area contributed by atoms with Crippen LogP contribution in [0.1, 0.15) is 26.7 Å². The first-order valence-corrected chi connectivity index (χ1v) is 6.11. The van der Waals surface area contributed by atoms with Crippen LogP contribution in [0.15, 0.2) is 0 Å². The Bertz CT molecular complexity index is 221. The van der Waals surface area contributed by atoms with Crippen molar-refractivity contribution in [1.29, 1.82) is 0 Å². The van der Waals surface area contributed by atoms with Crippen LogP contribution in [0.5, 0.6) is 0 Å². The molecular weight excluding hydrogens is 240 g/mol. The summed E-state index contributed by atoms with van der Waals surface area (Å²) in [5.74, 6) is -0.321. The number of esters is 2. The third-order valence-electron chi connectivity index (χ3n) is 1.90. The highest BCUT2D eigenvalue weighted by molar-refractivity contribution is 5.70. The zero-order valence-corrected chi connectivity index (χ0v) is 11.1. The fourth-order valence-electron chi connectivity index (χ4n) is 1.08. The summed E-state index contributed by atoms with van der Waals surface area (Å²) in [6.45, 7) is 6.55. The first-order valence-electron chi connectivity index (χ1n) is 6.11. The zero-order chi connectivity index (χ0) is 13.6. The molecule has 0 saturated carbocycles. The SMILES string of the molecule is CCOCCOCCOC(C)=O.O=C1CCCO1. The van der Waals surface area contributed by atoms with E-state index in [2.05, 4.69) is 9.47 Å². The van der Waals surface area contributed by atoms with Gasteiger partial charge in [0.05, 0.1) is 26.4 Å². The first kappa shape index (κ1) is 16.9. The van der Waals surface area contributed by atoms with E-state index in [0.717, 1.165) is 6.42 Å². The van der Waals surface area contributed by atoms with Gasteiger partial charge in [0.25, 0.3) is 0 Å². The molecule has 18 heavy (non-hydrogen) atoms. The minimum Gasteiger partial charge on any atom is -0.466 e. The molecule has 1 aliphatic heterocycles. The molecule has 1 fully saturated rings. The van der Waals surface area contributed by atoms with Crippen LogP contribution < -0.4 is 0 Å². The molecule has 0 spiro atoms. The van der Waals surface area contributed by atoms with Gasteiger partial charge in [-0.25, -0.2) is 0 Å². The lowest BCUT2D eigenvalue weighted by molar-refractivity contribution is -0.142. The second kappa shape index (κ2) is 12.3. The van der Waals surface area contributed by atoms with Gasteiger partial charge >= 0.3 is 11.9 Å². The molecule has 0 bridgehead atoms. The molecule has 1 aliphatic rings. The fourth-order valence-corrected chi connectivity index (χ4v) is 1.08. The number of carbonyl (C=O) groups is 2. The molecule has 0 amide bonds. The summed E-state index contributed by atoms with van der Waals surface area (Å²) in [6.07, 6.45) is 1.54. The van der Waals surface area contributed by atoms with Gasteiger partial charge in [0.2, 0.25) is 0 Å². The van der Waals surface area contributed by atoms with Gasteiger partial charge in [0.1, 0.15) is 6.61 Å². The summed E-state index contributed by atoms with van der Waals surface area (Å²) in [5, 5.41) is 0. The lowest BCUT2D eigenvalue weighted by Crippen LogP contribution is -2.10. The Kier molecular flexibility index (Phi) is 11.5. The highest BCUT2D eigenvalue weighted by atomic mass is 16.6. The van der Waals surface area contributed by atoms with Crippen LogP contribution in [-0.4, -0.2) is 51.6 Å². The summed E-state index contributed by atoms with van der Waals surface area (Å²) < 4.78 is 19.3. The van der Waals surface area contributed by atoms with Crippen molar-refractivity contribution >= 4 is 11.9 Å². The maximum absolute atomic E-state index is 10.3. The van der Waals surface area contributed by atoms with Crippen molar-refractivity contribution in [3.8, 4) is 0 Å². The summed E-state index contributed by atoms with van der Waals surface area (Å²) >= 11 is 0. The van der Waals surface area contributed by atoms with Crippen molar-refractivity contribution in [2.75, 3.05) is 39.6 Å². The van der Waals surface area contributed by atoms with E-state index in [4.69, 9.17) is 9.47 Å². The van der Waals surface area contributed by atoms with E-state index < -0.39 is 0 Å². The molecule has 1 saturated heterocycles. The monoisotopic (exact) mass is 262 g/mol. The van der Waals surface area contributed by atoms with E-state index in [1.54, 1.807) is 0 Å². The molecule has 0 aromatic heterocycles. The predicted molar refractivity (Wildman–Crippen MR) is 64.1 cm³/mol. The number of cyclic esters (lactones) is 1. The molecule has 0 aromatic rings. The second-order valence-electron chi connectivity index (χ2n) is 3.47. The molecule has 0 radical (unpaired) electrons. The van der Waals surface area contributed by atoms with E-state index in [1.807, 2.05) is 6.92 Å². The Morgan fingerprint density at radius 2 is 1.89 bits per heavy atom. The van der Waals surface area contributed by atoms with Gasteiger partial charge in [0.15, 0.2) is 0 Å². The molecule has 6 heteroatoms. The number of carbonyl (C=O) groups excluding carboxylic acids is 2. The number of rotatable bonds is 7. The van der Waals surface area contributed by atoms with Crippen molar-refractivity contribution in [1.82, 2.24) is 0 Å². The van der Waals surface area contributed by atoms with Crippen LogP contribution in [0.2, 0.25) is 0 Å². The maximum atomic E-state index is 10.3. The Balaban J connectivity index is 0.000000397. The average molecular weight is 262 g/mol. The minimum absolute atomic E-state index is 0.0463. The molecule has 1 rings (SSSR count). The van der Waals surface area contributed by atoms with Crippen LogP contribution in [-0.2, 0) is 28.5 Å². The summed E-state index contributed by atoms with van der Waals surface area (Å²) in [5.41, 5.74) is 0. The van der Waals surface area contributed by atoms with Crippen LogP contribution in [0.3, 0.4) is 0 Å². The minimum atomic E-state index is -0.275. The Morgan fingerprint density at radius 3 is 2.33 bits per heavy atom. The smallest absolute Gasteiger partial charge is 0.305 e. The maximum Gasteiger partial charge on any atom is 0.305 e. The standard InChI is InChI=1S/C8H16O4.C4H6O2/c1-3-10-4-5-11-6-7-12-8(2)9;5-4-2-1-3-6-4/h3-7H2,1-2H3;1-3H2. The van der Waals surface area contributed by atoms with Gasteiger partial charge < -0.3 is 18.9 Å². The third-order valence-corrected chi connectivity index (χ3v) is 1.90. The first-order chi connectivity index (χ1) is 8.66. The van der Waals surface area contributed by atoms with E-state index in [-0.39, 0.29) is 11.9 Å². The van der Waals surface area contributed by atoms with Gasteiger partial charge in [-0.2, -0.15) is 0 Å². The molecule has 0 aliphatic carbocycles. The number of hydrogen-bond acceptors (Lipinski definition) is 6.